The van der Waals surface area contributed by atoms with E-state index in [1.807, 2.05) is 0 Å². The highest BCUT2D eigenvalue weighted by Gasteiger charge is 2.22. The van der Waals surface area contributed by atoms with Gasteiger partial charge in [0.25, 0.3) is 0 Å². The van der Waals surface area contributed by atoms with Gasteiger partial charge in [-0.1, -0.05) is 29.8 Å². The molecule has 116 valence electrons. The molecule has 0 aromatic heterocycles. The van der Waals surface area contributed by atoms with Crippen molar-refractivity contribution in [2.24, 2.45) is 0 Å². The first-order valence-electron chi connectivity index (χ1n) is 6.74. The molecule has 4 nitrogen and oxygen atoms in total. The average molecular weight is 321 g/mol. The molecule has 0 heterocycles. The van der Waals surface area contributed by atoms with Gasteiger partial charge in [-0.3, -0.25) is 0 Å². The van der Waals surface area contributed by atoms with Gasteiger partial charge in [-0.05, 0) is 47.9 Å². The number of aliphatic hydroxyl groups excluding tert-OH is 2. The lowest BCUT2D eigenvalue weighted by Crippen LogP contribution is -2.12. The van der Waals surface area contributed by atoms with E-state index >= 15 is 0 Å². The van der Waals surface area contributed by atoms with Crippen molar-refractivity contribution in [3.8, 4) is 0 Å². The summed E-state index contributed by atoms with van der Waals surface area (Å²) in [5.41, 5.74) is 2.15. The third kappa shape index (κ3) is 3.47. The second-order valence-corrected chi connectivity index (χ2v) is 5.44. The topological polar surface area (TPSA) is 66.8 Å². The van der Waals surface area contributed by atoms with E-state index in [4.69, 9.17) is 11.6 Å². The lowest BCUT2D eigenvalue weighted by atomic mass is 9.94. The van der Waals surface area contributed by atoms with Crippen LogP contribution < -0.4 is 0 Å². The van der Waals surface area contributed by atoms with E-state index in [0.29, 0.717) is 27.3 Å². The number of aliphatic hydroxyl groups is 2. The van der Waals surface area contributed by atoms with Gasteiger partial charge in [-0.15, -0.1) is 0 Å². The van der Waals surface area contributed by atoms with Crippen molar-refractivity contribution in [2.75, 3.05) is 7.11 Å². The van der Waals surface area contributed by atoms with Crippen LogP contribution in [0, 0.1) is 6.92 Å². The Morgan fingerprint density at radius 3 is 2.45 bits per heavy atom. The van der Waals surface area contributed by atoms with Crippen molar-refractivity contribution >= 4 is 17.6 Å². The number of benzene rings is 2. The normalized spacial score (nSPS) is 13.5. The molecule has 0 unspecified atom stereocenters. The van der Waals surface area contributed by atoms with Crippen LogP contribution in [0.15, 0.2) is 42.5 Å². The van der Waals surface area contributed by atoms with Crippen LogP contribution in [0.4, 0.5) is 0 Å². The highest BCUT2D eigenvalue weighted by molar-refractivity contribution is 6.30. The minimum absolute atomic E-state index is 0.396. The van der Waals surface area contributed by atoms with E-state index in [9.17, 15) is 15.0 Å². The van der Waals surface area contributed by atoms with E-state index < -0.39 is 18.2 Å². The zero-order valence-corrected chi connectivity index (χ0v) is 13.0. The zero-order valence-electron chi connectivity index (χ0n) is 12.3. The Kier molecular flexibility index (Phi) is 5.19. The Labute approximate surface area is 133 Å². The van der Waals surface area contributed by atoms with Crippen molar-refractivity contribution in [2.45, 2.75) is 19.1 Å². The van der Waals surface area contributed by atoms with Gasteiger partial charge in [0.1, 0.15) is 12.2 Å². The Morgan fingerprint density at radius 2 is 1.86 bits per heavy atom. The van der Waals surface area contributed by atoms with Crippen LogP contribution in [-0.4, -0.2) is 23.3 Å². The molecule has 0 aliphatic rings. The Balaban J connectivity index is 2.29. The van der Waals surface area contributed by atoms with E-state index in [2.05, 4.69) is 4.74 Å². The summed E-state index contributed by atoms with van der Waals surface area (Å²) < 4.78 is 4.66. The molecule has 2 aromatic rings. The summed E-state index contributed by atoms with van der Waals surface area (Å²) in [5.74, 6) is -0.445. The fraction of sp³-hybridized carbons (Fsp3) is 0.235. The molecular weight excluding hydrogens is 304 g/mol. The van der Waals surface area contributed by atoms with Crippen molar-refractivity contribution < 1.29 is 19.7 Å². The highest BCUT2D eigenvalue weighted by atomic mass is 35.5. The smallest absolute Gasteiger partial charge is 0.337 e. The van der Waals surface area contributed by atoms with Crippen molar-refractivity contribution in [1.82, 2.24) is 0 Å². The molecule has 5 heteroatoms. The number of halogens is 1. The van der Waals surface area contributed by atoms with Crippen molar-refractivity contribution in [3.63, 3.8) is 0 Å². The standard InChI is InChI=1S/C17H17ClO4/c1-10-8-12(17(21)22-2)6-7-14(10)16(20)15(19)11-4-3-5-13(18)9-11/h3-9,15-16,19-20H,1-2H3/t15-,16-/m0/s1. The second kappa shape index (κ2) is 6.92. The van der Waals surface area contributed by atoms with Crippen molar-refractivity contribution in [3.05, 3.63) is 69.7 Å². The molecule has 0 saturated heterocycles. The Hall–Kier alpha value is -1.88. The number of rotatable bonds is 4. The van der Waals surface area contributed by atoms with Gasteiger partial charge >= 0.3 is 5.97 Å². The van der Waals surface area contributed by atoms with E-state index in [1.54, 1.807) is 49.4 Å². The highest BCUT2D eigenvalue weighted by Crippen LogP contribution is 2.31. The molecule has 0 saturated carbocycles. The number of hydrogen-bond acceptors (Lipinski definition) is 4. The molecule has 2 aromatic carbocycles. The number of carbonyl (C=O) groups is 1. The molecule has 2 N–H and O–H groups in total. The Morgan fingerprint density at radius 1 is 1.14 bits per heavy atom. The molecule has 2 atom stereocenters. The van der Waals surface area contributed by atoms with Gasteiger partial charge < -0.3 is 14.9 Å². The maximum absolute atomic E-state index is 11.5. The van der Waals surface area contributed by atoms with Gasteiger partial charge in [-0.2, -0.15) is 0 Å². The summed E-state index contributed by atoms with van der Waals surface area (Å²) in [7, 11) is 1.31. The summed E-state index contributed by atoms with van der Waals surface area (Å²) in [5, 5.41) is 21.2. The van der Waals surface area contributed by atoms with Crippen molar-refractivity contribution in [1.29, 1.82) is 0 Å². The van der Waals surface area contributed by atoms with Gasteiger partial charge in [0, 0.05) is 5.02 Å². The number of carbonyl (C=O) groups excluding carboxylic acids is 1. The number of methoxy groups -OCH3 is 1. The quantitative estimate of drug-likeness (QED) is 0.849. The molecule has 2 rings (SSSR count). The van der Waals surface area contributed by atoms with Crippen LogP contribution in [0.2, 0.25) is 5.02 Å². The number of aryl methyl sites for hydroxylation is 1. The molecule has 0 amide bonds. The summed E-state index contributed by atoms with van der Waals surface area (Å²) in [6.07, 6.45) is -2.23. The first-order chi connectivity index (χ1) is 10.4. The maximum atomic E-state index is 11.5. The van der Waals surface area contributed by atoms with Gasteiger partial charge in [0.15, 0.2) is 0 Å². The third-order valence-corrected chi connectivity index (χ3v) is 3.73. The van der Waals surface area contributed by atoms with Crippen LogP contribution in [-0.2, 0) is 4.74 Å². The Bertz CT molecular complexity index is 684. The lowest BCUT2D eigenvalue weighted by Gasteiger charge is -2.20. The van der Waals surface area contributed by atoms with Crippen LogP contribution >= 0.6 is 11.6 Å². The number of ether oxygens (including phenoxy) is 1. The fourth-order valence-electron chi connectivity index (χ4n) is 2.30. The van der Waals surface area contributed by atoms with E-state index in [-0.39, 0.29) is 0 Å². The monoisotopic (exact) mass is 320 g/mol. The van der Waals surface area contributed by atoms with Crippen LogP contribution in [0.5, 0.6) is 0 Å². The number of esters is 1. The minimum Gasteiger partial charge on any atom is -0.465 e. The van der Waals surface area contributed by atoms with Crippen LogP contribution in [0.1, 0.15) is 39.3 Å². The average Bonchev–Trinajstić information content (AvgIpc) is 2.52. The first kappa shape index (κ1) is 16.5. The molecular formula is C17H17ClO4. The third-order valence-electron chi connectivity index (χ3n) is 3.50. The van der Waals surface area contributed by atoms with E-state index in [0.717, 1.165) is 0 Å². The molecule has 0 aliphatic heterocycles. The molecule has 22 heavy (non-hydrogen) atoms. The predicted octanol–water partition coefficient (Wildman–Crippen LogP) is 3.20. The SMILES string of the molecule is COC(=O)c1ccc([C@H](O)[C@@H](O)c2cccc(Cl)c2)c(C)c1. The van der Waals surface area contributed by atoms with E-state index in [1.165, 1.54) is 7.11 Å². The van der Waals surface area contributed by atoms with Gasteiger partial charge in [0.05, 0.1) is 12.7 Å². The first-order valence-corrected chi connectivity index (χ1v) is 7.12. The summed E-state index contributed by atoms with van der Waals surface area (Å²) in [4.78, 5) is 11.5. The molecule has 0 aliphatic carbocycles. The molecule has 0 radical (unpaired) electrons. The second-order valence-electron chi connectivity index (χ2n) is 5.01. The molecule has 0 spiro atoms. The summed E-state index contributed by atoms with van der Waals surface area (Å²) in [6, 6.07) is 11.5. The summed E-state index contributed by atoms with van der Waals surface area (Å²) in [6.45, 7) is 1.76. The lowest BCUT2D eigenvalue weighted by molar-refractivity contribution is 0.0168. The largest absolute Gasteiger partial charge is 0.465 e. The minimum atomic E-state index is -1.12. The summed E-state index contributed by atoms with van der Waals surface area (Å²) >= 11 is 5.90. The maximum Gasteiger partial charge on any atom is 0.337 e. The zero-order chi connectivity index (χ0) is 16.3. The molecule has 0 fully saturated rings. The van der Waals surface area contributed by atoms with Gasteiger partial charge in [-0.25, -0.2) is 4.79 Å². The van der Waals surface area contributed by atoms with Gasteiger partial charge in [0.2, 0.25) is 0 Å². The van der Waals surface area contributed by atoms with Crippen LogP contribution in [0.3, 0.4) is 0 Å². The number of hydrogen-bond donors (Lipinski definition) is 2. The predicted molar refractivity (Wildman–Crippen MR) is 83.9 cm³/mol. The fourth-order valence-corrected chi connectivity index (χ4v) is 2.49. The van der Waals surface area contributed by atoms with Crippen LogP contribution in [0.25, 0.3) is 0 Å². The molecule has 0 bridgehead atoms.